The average Bonchev–Trinajstić information content (AvgIpc) is 2.57. The van der Waals surface area contributed by atoms with Gasteiger partial charge in [0, 0.05) is 6.92 Å². The zero-order chi connectivity index (χ0) is 18.0. The molecule has 0 bridgehead atoms. The fourth-order valence-corrected chi connectivity index (χ4v) is 3.13. The number of amides is 1. The number of rotatable bonds is 4. The van der Waals surface area contributed by atoms with Gasteiger partial charge < -0.3 is 29.4 Å². The Hall–Kier alpha value is -1.51. The molecule has 7 nitrogen and oxygen atoms in total. The van der Waals surface area contributed by atoms with Gasteiger partial charge in [-0.3, -0.25) is 4.79 Å². The van der Waals surface area contributed by atoms with E-state index in [1.807, 2.05) is 30.3 Å². The zero-order valence-corrected chi connectivity index (χ0v) is 14.7. The Morgan fingerprint density at radius 3 is 2.76 bits per heavy atom. The van der Waals surface area contributed by atoms with Crippen molar-refractivity contribution in [2.45, 2.75) is 63.8 Å². The number of aliphatic hydroxyl groups is 1. The number of fused-ring (bicyclic) bond motifs is 1. The first kappa shape index (κ1) is 18.3. The van der Waals surface area contributed by atoms with Gasteiger partial charge in [-0.15, -0.1) is 0 Å². The number of nitrogens with one attached hydrogen (secondary N) is 1. The quantitative estimate of drug-likeness (QED) is 0.840. The lowest BCUT2D eigenvalue weighted by molar-refractivity contribution is -0.369. The third kappa shape index (κ3) is 4.37. The van der Waals surface area contributed by atoms with Gasteiger partial charge in [-0.2, -0.15) is 0 Å². The van der Waals surface area contributed by atoms with Gasteiger partial charge in [-0.1, -0.05) is 30.3 Å². The van der Waals surface area contributed by atoms with Gasteiger partial charge >= 0.3 is 0 Å². The normalized spacial score (nSPS) is 34.2. The molecule has 2 aliphatic heterocycles. The maximum atomic E-state index is 11.6. The third-order valence-corrected chi connectivity index (χ3v) is 4.32. The Bertz CT molecular complexity index is 592. The maximum absolute atomic E-state index is 11.6. The summed E-state index contributed by atoms with van der Waals surface area (Å²) < 4.78 is 23.2. The predicted molar refractivity (Wildman–Crippen MR) is 88.4 cm³/mol. The van der Waals surface area contributed by atoms with Crippen molar-refractivity contribution in [2.24, 2.45) is 0 Å². The molecule has 2 fully saturated rings. The Morgan fingerprint density at radius 1 is 1.36 bits per heavy atom. The first-order valence-corrected chi connectivity index (χ1v) is 8.44. The molecule has 0 saturated carbocycles. The molecule has 1 unspecified atom stereocenters. The van der Waals surface area contributed by atoms with E-state index in [-0.39, 0.29) is 12.5 Å². The van der Waals surface area contributed by atoms with Crippen molar-refractivity contribution >= 4 is 5.91 Å². The lowest BCUT2D eigenvalue weighted by atomic mass is 9.95. The molecule has 138 valence electrons. The summed E-state index contributed by atoms with van der Waals surface area (Å²) in [7, 11) is 0. The summed E-state index contributed by atoms with van der Waals surface area (Å²) in [4.78, 5) is 11.6. The van der Waals surface area contributed by atoms with E-state index in [4.69, 9.17) is 18.9 Å². The number of aliphatic hydroxyl groups excluding tert-OH is 1. The molecule has 25 heavy (non-hydrogen) atoms. The van der Waals surface area contributed by atoms with Crippen LogP contribution in [0, 0.1) is 0 Å². The largest absolute Gasteiger partial charge is 0.388 e. The van der Waals surface area contributed by atoms with Crippen molar-refractivity contribution in [2.75, 3.05) is 6.61 Å². The fraction of sp³-hybridized carbons (Fsp3) is 0.611. The number of ether oxygens (including phenoxy) is 4. The first-order chi connectivity index (χ1) is 11.9. The average molecular weight is 351 g/mol. The molecule has 2 N–H and O–H groups in total. The molecule has 1 amide bonds. The van der Waals surface area contributed by atoms with Gasteiger partial charge in [0.25, 0.3) is 0 Å². The van der Waals surface area contributed by atoms with E-state index in [0.29, 0.717) is 6.61 Å². The van der Waals surface area contributed by atoms with E-state index in [2.05, 4.69) is 5.32 Å². The van der Waals surface area contributed by atoms with Crippen LogP contribution in [-0.4, -0.2) is 54.1 Å². The number of carbonyl (C=O) groups is 1. The molecular weight excluding hydrogens is 326 g/mol. The molecule has 2 heterocycles. The summed E-state index contributed by atoms with van der Waals surface area (Å²) in [6, 6.07) is 8.91. The van der Waals surface area contributed by atoms with Gasteiger partial charge in [0.15, 0.2) is 12.1 Å². The van der Waals surface area contributed by atoms with Crippen molar-refractivity contribution in [1.82, 2.24) is 5.32 Å². The van der Waals surface area contributed by atoms with Crippen molar-refractivity contribution in [3.63, 3.8) is 0 Å². The van der Waals surface area contributed by atoms with Crippen LogP contribution in [0.2, 0.25) is 0 Å². The second-order valence-electron chi connectivity index (χ2n) is 6.85. The monoisotopic (exact) mass is 351 g/mol. The number of benzene rings is 1. The molecule has 2 aliphatic rings. The van der Waals surface area contributed by atoms with Crippen LogP contribution in [0.3, 0.4) is 0 Å². The highest BCUT2D eigenvalue weighted by atomic mass is 16.8. The Labute approximate surface area is 147 Å². The van der Waals surface area contributed by atoms with E-state index in [1.54, 1.807) is 13.8 Å². The van der Waals surface area contributed by atoms with Crippen molar-refractivity contribution < 1.29 is 28.8 Å². The SMILES string of the molecule is CC(=O)N[C@@H]1C(OCc2ccccc2)O[C@@H]2COC(C)(C)O[C@H]2[C@@H]1O. The second-order valence-corrected chi connectivity index (χ2v) is 6.85. The Morgan fingerprint density at radius 2 is 2.08 bits per heavy atom. The molecule has 3 rings (SSSR count). The van der Waals surface area contributed by atoms with E-state index >= 15 is 0 Å². The van der Waals surface area contributed by atoms with Crippen LogP contribution in [0.1, 0.15) is 26.3 Å². The van der Waals surface area contributed by atoms with E-state index in [9.17, 15) is 9.90 Å². The lowest BCUT2D eigenvalue weighted by Crippen LogP contribution is -2.68. The van der Waals surface area contributed by atoms with Gasteiger partial charge in [0.1, 0.15) is 24.4 Å². The molecular formula is C18H25NO6. The fourth-order valence-electron chi connectivity index (χ4n) is 3.13. The summed E-state index contributed by atoms with van der Waals surface area (Å²) in [5.74, 6) is -1.09. The van der Waals surface area contributed by atoms with Crippen molar-refractivity contribution in [3.8, 4) is 0 Å². The topological polar surface area (TPSA) is 86.3 Å². The van der Waals surface area contributed by atoms with Crippen LogP contribution in [-0.2, 0) is 30.3 Å². The summed E-state index contributed by atoms with van der Waals surface area (Å²) in [5, 5.41) is 13.5. The number of carbonyl (C=O) groups excluding carboxylic acids is 1. The van der Waals surface area contributed by atoms with E-state index in [1.165, 1.54) is 6.92 Å². The molecule has 2 saturated heterocycles. The molecule has 0 radical (unpaired) electrons. The van der Waals surface area contributed by atoms with Gasteiger partial charge in [-0.25, -0.2) is 0 Å². The summed E-state index contributed by atoms with van der Waals surface area (Å²) >= 11 is 0. The first-order valence-electron chi connectivity index (χ1n) is 8.44. The molecule has 1 aromatic rings. The lowest BCUT2D eigenvalue weighted by Gasteiger charge is -2.49. The van der Waals surface area contributed by atoms with Crippen LogP contribution in [0.15, 0.2) is 30.3 Å². The van der Waals surface area contributed by atoms with Gasteiger partial charge in [0.2, 0.25) is 5.91 Å². The summed E-state index contributed by atoms with van der Waals surface area (Å²) in [5.41, 5.74) is 0.974. The Balaban J connectivity index is 1.73. The third-order valence-electron chi connectivity index (χ3n) is 4.32. The van der Waals surface area contributed by atoms with E-state index in [0.717, 1.165) is 5.56 Å². The highest BCUT2D eigenvalue weighted by Crippen LogP contribution is 2.33. The molecule has 0 aromatic heterocycles. The van der Waals surface area contributed by atoms with Crippen LogP contribution < -0.4 is 5.32 Å². The van der Waals surface area contributed by atoms with Crippen LogP contribution in [0.25, 0.3) is 0 Å². The Kier molecular flexibility index (Phi) is 5.41. The van der Waals surface area contributed by atoms with Gasteiger partial charge in [0.05, 0.1) is 13.2 Å². The molecule has 1 aromatic carbocycles. The maximum Gasteiger partial charge on any atom is 0.217 e. The van der Waals surface area contributed by atoms with Crippen LogP contribution in [0.4, 0.5) is 0 Å². The van der Waals surface area contributed by atoms with Crippen LogP contribution >= 0.6 is 0 Å². The number of hydrogen-bond donors (Lipinski definition) is 2. The molecule has 7 heteroatoms. The predicted octanol–water partition coefficient (Wildman–Crippen LogP) is 0.945. The molecule has 0 aliphatic carbocycles. The highest BCUT2D eigenvalue weighted by molar-refractivity contribution is 5.73. The van der Waals surface area contributed by atoms with Gasteiger partial charge in [-0.05, 0) is 19.4 Å². The zero-order valence-electron chi connectivity index (χ0n) is 14.7. The minimum Gasteiger partial charge on any atom is -0.388 e. The minimum atomic E-state index is -0.966. The van der Waals surface area contributed by atoms with E-state index < -0.39 is 36.4 Å². The molecule has 0 spiro atoms. The molecule has 5 atom stereocenters. The van der Waals surface area contributed by atoms with Crippen LogP contribution in [0.5, 0.6) is 0 Å². The highest BCUT2D eigenvalue weighted by Gasteiger charge is 2.51. The minimum absolute atomic E-state index is 0.272. The number of hydrogen-bond acceptors (Lipinski definition) is 6. The second kappa shape index (κ2) is 7.39. The standard InChI is InChI=1S/C18H25NO6/c1-11(20)19-14-15(21)16-13(10-23-18(2,3)25-16)24-17(14)22-9-12-7-5-4-6-8-12/h4-8,13-17,21H,9-10H2,1-3H3,(H,19,20)/t13-,14+,15-,16-,17?/m1/s1. The van der Waals surface area contributed by atoms with Crippen molar-refractivity contribution in [3.05, 3.63) is 35.9 Å². The summed E-state index contributed by atoms with van der Waals surface area (Å²) in [6.07, 6.45) is -2.83. The van der Waals surface area contributed by atoms with Crippen molar-refractivity contribution in [1.29, 1.82) is 0 Å². The smallest absolute Gasteiger partial charge is 0.217 e. The summed E-state index contributed by atoms with van der Waals surface area (Å²) in [6.45, 7) is 5.54.